The van der Waals surface area contributed by atoms with Crippen molar-refractivity contribution in [2.24, 2.45) is 0 Å². The lowest BCUT2D eigenvalue weighted by Crippen LogP contribution is -2.33. The molecular weight excluding hydrogens is 266 g/mol. The van der Waals surface area contributed by atoms with Crippen molar-refractivity contribution in [3.8, 4) is 5.75 Å². The van der Waals surface area contributed by atoms with E-state index in [2.05, 4.69) is 24.4 Å². The molecule has 0 aliphatic carbocycles. The van der Waals surface area contributed by atoms with Crippen LogP contribution in [0.3, 0.4) is 0 Å². The molecule has 2 rings (SSSR count). The van der Waals surface area contributed by atoms with Crippen LogP contribution in [0.25, 0.3) is 0 Å². The van der Waals surface area contributed by atoms with Gasteiger partial charge in [0, 0.05) is 6.61 Å². The SMILES string of the molecule is CNC(c1ccc(OC)cc1)C(C)OCC1CCCCO1. The average Bonchev–Trinajstić information content (AvgIpc) is 2.55. The summed E-state index contributed by atoms with van der Waals surface area (Å²) in [6.07, 6.45) is 3.89. The third-order valence-corrected chi connectivity index (χ3v) is 4.07. The van der Waals surface area contributed by atoms with Gasteiger partial charge in [0.05, 0.1) is 32.0 Å². The Labute approximate surface area is 127 Å². The van der Waals surface area contributed by atoms with Crippen molar-refractivity contribution in [3.05, 3.63) is 29.8 Å². The smallest absolute Gasteiger partial charge is 0.118 e. The number of hydrogen-bond acceptors (Lipinski definition) is 4. The Morgan fingerprint density at radius 1 is 1.29 bits per heavy atom. The summed E-state index contributed by atoms with van der Waals surface area (Å²) in [6.45, 7) is 3.65. The number of nitrogens with one attached hydrogen (secondary N) is 1. The number of ether oxygens (including phenoxy) is 3. The van der Waals surface area contributed by atoms with Crippen molar-refractivity contribution in [2.75, 3.05) is 27.4 Å². The molecule has 1 aliphatic rings. The molecule has 4 nitrogen and oxygen atoms in total. The number of methoxy groups -OCH3 is 1. The monoisotopic (exact) mass is 293 g/mol. The lowest BCUT2D eigenvalue weighted by Gasteiger charge is -2.28. The van der Waals surface area contributed by atoms with Crippen molar-refractivity contribution >= 4 is 0 Å². The largest absolute Gasteiger partial charge is 0.497 e. The van der Waals surface area contributed by atoms with Crippen LogP contribution in [0.15, 0.2) is 24.3 Å². The molecule has 0 radical (unpaired) electrons. The Hall–Kier alpha value is -1.10. The Morgan fingerprint density at radius 3 is 2.62 bits per heavy atom. The van der Waals surface area contributed by atoms with Crippen LogP contribution in [0.4, 0.5) is 0 Å². The molecule has 1 saturated heterocycles. The number of rotatable bonds is 7. The molecule has 1 N–H and O–H groups in total. The van der Waals surface area contributed by atoms with Crippen LogP contribution in [0.2, 0.25) is 0 Å². The zero-order valence-electron chi connectivity index (χ0n) is 13.3. The minimum absolute atomic E-state index is 0.0916. The molecule has 1 aromatic carbocycles. The molecule has 21 heavy (non-hydrogen) atoms. The fourth-order valence-corrected chi connectivity index (χ4v) is 2.78. The lowest BCUT2D eigenvalue weighted by molar-refractivity contribution is -0.0660. The third kappa shape index (κ3) is 4.70. The lowest BCUT2D eigenvalue weighted by atomic mass is 10.0. The van der Waals surface area contributed by atoms with Gasteiger partial charge in [0.15, 0.2) is 0 Å². The highest BCUT2D eigenvalue weighted by atomic mass is 16.5. The van der Waals surface area contributed by atoms with Crippen LogP contribution >= 0.6 is 0 Å². The molecule has 0 spiro atoms. The third-order valence-electron chi connectivity index (χ3n) is 4.07. The Kier molecular flexibility index (Phi) is 6.49. The van der Waals surface area contributed by atoms with Gasteiger partial charge < -0.3 is 19.5 Å². The minimum Gasteiger partial charge on any atom is -0.497 e. The summed E-state index contributed by atoms with van der Waals surface area (Å²) in [5, 5.41) is 3.34. The number of benzene rings is 1. The highest BCUT2D eigenvalue weighted by Gasteiger charge is 2.21. The molecule has 3 atom stereocenters. The average molecular weight is 293 g/mol. The summed E-state index contributed by atoms with van der Waals surface area (Å²) in [5.74, 6) is 0.873. The minimum atomic E-state index is 0.0916. The van der Waals surface area contributed by atoms with E-state index in [1.54, 1.807) is 7.11 Å². The molecular formula is C17H27NO3. The first-order valence-corrected chi connectivity index (χ1v) is 7.79. The molecule has 118 valence electrons. The number of hydrogen-bond donors (Lipinski definition) is 1. The van der Waals surface area contributed by atoms with Crippen molar-refractivity contribution in [1.82, 2.24) is 5.32 Å². The maximum absolute atomic E-state index is 6.03. The van der Waals surface area contributed by atoms with Gasteiger partial charge in [-0.15, -0.1) is 0 Å². The zero-order valence-corrected chi connectivity index (χ0v) is 13.3. The summed E-state index contributed by atoms with van der Waals surface area (Å²) in [7, 11) is 3.65. The van der Waals surface area contributed by atoms with Gasteiger partial charge >= 0.3 is 0 Å². The van der Waals surface area contributed by atoms with Gasteiger partial charge in [-0.25, -0.2) is 0 Å². The van der Waals surface area contributed by atoms with Gasteiger partial charge in [-0.3, -0.25) is 0 Å². The first-order chi connectivity index (χ1) is 10.2. The molecule has 0 amide bonds. The molecule has 4 heteroatoms. The van der Waals surface area contributed by atoms with Gasteiger partial charge in [0.2, 0.25) is 0 Å². The van der Waals surface area contributed by atoms with Crippen LogP contribution in [0.1, 0.15) is 37.8 Å². The van der Waals surface area contributed by atoms with E-state index in [0.29, 0.717) is 6.61 Å². The van der Waals surface area contributed by atoms with E-state index in [0.717, 1.165) is 18.8 Å². The molecule has 0 aromatic heterocycles. The van der Waals surface area contributed by atoms with Crippen LogP contribution in [0, 0.1) is 0 Å². The van der Waals surface area contributed by atoms with Crippen molar-refractivity contribution in [3.63, 3.8) is 0 Å². The molecule has 1 aliphatic heterocycles. The summed E-state index contributed by atoms with van der Waals surface area (Å²) in [5.41, 5.74) is 1.20. The maximum atomic E-state index is 6.03. The van der Waals surface area contributed by atoms with E-state index >= 15 is 0 Å². The van der Waals surface area contributed by atoms with Crippen LogP contribution in [0.5, 0.6) is 5.75 Å². The van der Waals surface area contributed by atoms with E-state index in [-0.39, 0.29) is 18.2 Å². The topological polar surface area (TPSA) is 39.7 Å². The second-order valence-electron chi connectivity index (χ2n) is 5.57. The normalized spacial score (nSPS) is 21.8. The standard InChI is InChI=1S/C17H27NO3/c1-13(21-12-16-6-4-5-11-20-16)17(18-2)14-7-9-15(19-3)10-8-14/h7-10,13,16-18H,4-6,11-12H2,1-3H3. The maximum Gasteiger partial charge on any atom is 0.118 e. The zero-order chi connectivity index (χ0) is 15.1. The Balaban J connectivity index is 1.88. The molecule has 1 fully saturated rings. The summed E-state index contributed by atoms with van der Waals surface area (Å²) < 4.78 is 16.9. The molecule has 1 aromatic rings. The Morgan fingerprint density at radius 2 is 2.05 bits per heavy atom. The van der Waals surface area contributed by atoms with E-state index in [1.807, 2.05) is 19.2 Å². The predicted octanol–water partition coefficient (Wildman–Crippen LogP) is 2.93. The van der Waals surface area contributed by atoms with E-state index < -0.39 is 0 Å². The highest BCUT2D eigenvalue weighted by Crippen LogP contribution is 2.22. The van der Waals surface area contributed by atoms with Crippen LogP contribution < -0.4 is 10.1 Å². The predicted molar refractivity (Wildman–Crippen MR) is 83.8 cm³/mol. The van der Waals surface area contributed by atoms with Crippen molar-refractivity contribution in [2.45, 2.75) is 44.4 Å². The van der Waals surface area contributed by atoms with Gasteiger partial charge in [-0.05, 0) is 50.9 Å². The Bertz CT molecular complexity index is 401. The molecule has 0 saturated carbocycles. The van der Waals surface area contributed by atoms with E-state index in [4.69, 9.17) is 14.2 Å². The number of likely N-dealkylation sites (N-methyl/N-ethyl adjacent to an activating group) is 1. The van der Waals surface area contributed by atoms with E-state index in [9.17, 15) is 0 Å². The molecule has 1 heterocycles. The summed E-state index contributed by atoms with van der Waals surface area (Å²) in [6, 6.07) is 8.29. The van der Waals surface area contributed by atoms with Gasteiger partial charge in [0.1, 0.15) is 5.75 Å². The summed E-state index contributed by atoms with van der Waals surface area (Å²) >= 11 is 0. The van der Waals surface area contributed by atoms with Gasteiger partial charge in [0.25, 0.3) is 0 Å². The second-order valence-corrected chi connectivity index (χ2v) is 5.57. The fourth-order valence-electron chi connectivity index (χ4n) is 2.78. The van der Waals surface area contributed by atoms with Crippen molar-refractivity contribution < 1.29 is 14.2 Å². The van der Waals surface area contributed by atoms with Crippen molar-refractivity contribution in [1.29, 1.82) is 0 Å². The first-order valence-electron chi connectivity index (χ1n) is 7.79. The fraction of sp³-hybridized carbons (Fsp3) is 0.647. The van der Waals surface area contributed by atoms with E-state index in [1.165, 1.54) is 18.4 Å². The van der Waals surface area contributed by atoms with Crippen LogP contribution in [-0.4, -0.2) is 39.6 Å². The molecule has 0 bridgehead atoms. The molecule has 3 unspecified atom stereocenters. The van der Waals surface area contributed by atoms with Gasteiger partial charge in [-0.2, -0.15) is 0 Å². The second kappa shape index (κ2) is 8.37. The summed E-state index contributed by atoms with van der Waals surface area (Å²) in [4.78, 5) is 0. The highest BCUT2D eigenvalue weighted by molar-refractivity contribution is 5.29. The van der Waals surface area contributed by atoms with Crippen LogP contribution in [-0.2, 0) is 9.47 Å². The first kappa shape index (κ1) is 16.3. The quantitative estimate of drug-likeness (QED) is 0.839. The van der Waals surface area contributed by atoms with Gasteiger partial charge in [-0.1, -0.05) is 12.1 Å².